The van der Waals surface area contributed by atoms with Gasteiger partial charge in [0.2, 0.25) is 0 Å². The van der Waals surface area contributed by atoms with Gasteiger partial charge in [-0.2, -0.15) is 0 Å². The van der Waals surface area contributed by atoms with E-state index in [1.807, 2.05) is 12.2 Å². The fraction of sp³-hybridized carbons (Fsp3) is 0.652. The summed E-state index contributed by atoms with van der Waals surface area (Å²) in [6, 6.07) is 0. The normalized spacial score (nSPS) is 27.3. The molecule has 2 rings (SSSR count). The van der Waals surface area contributed by atoms with Crippen LogP contribution in [0.15, 0.2) is 49.6 Å². The van der Waals surface area contributed by atoms with Crippen molar-refractivity contribution in [1.82, 2.24) is 4.90 Å². The minimum atomic E-state index is 0.660. The molecular formula is C23H41N. The fourth-order valence-corrected chi connectivity index (χ4v) is 3.64. The zero-order chi connectivity index (χ0) is 18.4. The van der Waals surface area contributed by atoms with E-state index in [2.05, 4.69) is 64.5 Å². The number of hydrogen-bond donors (Lipinski definition) is 0. The monoisotopic (exact) mass is 331 g/mol. The van der Waals surface area contributed by atoms with Gasteiger partial charge in [0, 0.05) is 13.1 Å². The maximum atomic E-state index is 3.75. The maximum absolute atomic E-state index is 3.75. The molecule has 2 aliphatic rings. The molecule has 0 aromatic rings. The topological polar surface area (TPSA) is 3.24 Å². The molecule has 0 radical (unpaired) electrons. The Morgan fingerprint density at radius 2 is 1.75 bits per heavy atom. The van der Waals surface area contributed by atoms with Gasteiger partial charge in [0.05, 0.1) is 0 Å². The predicted octanol–water partition coefficient (Wildman–Crippen LogP) is 6.80. The van der Waals surface area contributed by atoms with E-state index in [0.29, 0.717) is 5.41 Å². The van der Waals surface area contributed by atoms with E-state index in [9.17, 15) is 0 Å². The second-order valence-corrected chi connectivity index (χ2v) is 7.31. The molecule has 1 saturated carbocycles. The van der Waals surface area contributed by atoms with Crippen LogP contribution in [0.1, 0.15) is 66.2 Å². The smallest absolute Gasteiger partial charge is 0.0230 e. The van der Waals surface area contributed by atoms with Crippen LogP contribution in [0.4, 0.5) is 0 Å². The summed E-state index contributed by atoms with van der Waals surface area (Å²) >= 11 is 0. The third-order valence-electron chi connectivity index (χ3n) is 5.08. The van der Waals surface area contributed by atoms with Crippen molar-refractivity contribution in [2.24, 2.45) is 11.3 Å². The Morgan fingerprint density at radius 1 is 1.17 bits per heavy atom. The molecule has 0 amide bonds. The van der Waals surface area contributed by atoms with E-state index < -0.39 is 0 Å². The molecule has 0 bridgehead atoms. The Hall–Kier alpha value is -1.08. The van der Waals surface area contributed by atoms with Gasteiger partial charge in [0.1, 0.15) is 0 Å². The molecule has 1 heteroatoms. The summed E-state index contributed by atoms with van der Waals surface area (Å²) in [6.45, 7) is 22.3. The van der Waals surface area contributed by atoms with Gasteiger partial charge in [0.15, 0.2) is 0 Å². The summed E-state index contributed by atoms with van der Waals surface area (Å²) in [4.78, 5) is 2.65. The van der Waals surface area contributed by atoms with Crippen LogP contribution < -0.4 is 0 Å². The molecule has 1 spiro atoms. The SMILES string of the molecule is C=C.C=C/C=C\C(=C/C)CN1CCC2(CCC(C)CC2)C1.CCC. The van der Waals surface area contributed by atoms with Gasteiger partial charge in [-0.25, -0.2) is 0 Å². The zero-order valence-electron chi connectivity index (χ0n) is 16.8. The van der Waals surface area contributed by atoms with Gasteiger partial charge in [-0.15, -0.1) is 13.2 Å². The molecule has 1 aliphatic carbocycles. The Bertz CT molecular complexity index is 383. The van der Waals surface area contributed by atoms with E-state index in [-0.39, 0.29) is 0 Å². The first-order valence-electron chi connectivity index (χ1n) is 9.75. The van der Waals surface area contributed by atoms with Crippen molar-refractivity contribution in [3.05, 3.63) is 49.6 Å². The first-order chi connectivity index (χ1) is 11.6. The van der Waals surface area contributed by atoms with Crippen molar-refractivity contribution in [1.29, 1.82) is 0 Å². The fourth-order valence-electron chi connectivity index (χ4n) is 3.64. The first kappa shape index (κ1) is 22.9. The summed E-state index contributed by atoms with van der Waals surface area (Å²) in [7, 11) is 0. The molecule has 2 fully saturated rings. The van der Waals surface area contributed by atoms with Crippen LogP contribution in [0.2, 0.25) is 0 Å². The molecular weight excluding hydrogens is 290 g/mol. The van der Waals surface area contributed by atoms with Gasteiger partial charge in [-0.1, -0.05) is 70.9 Å². The highest BCUT2D eigenvalue weighted by Gasteiger charge is 2.39. The van der Waals surface area contributed by atoms with Crippen molar-refractivity contribution in [3.8, 4) is 0 Å². The lowest BCUT2D eigenvalue weighted by Crippen LogP contribution is -2.31. The van der Waals surface area contributed by atoms with Crippen LogP contribution in [-0.2, 0) is 0 Å². The van der Waals surface area contributed by atoms with E-state index in [1.54, 1.807) is 0 Å². The van der Waals surface area contributed by atoms with Gasteiger partial charge in [-0.3, -0.25) is 4.90 Å². The molecule has 1 saturated heterocycles. The summed E-state index contributed by atoms with van der Waals surface area (Å²) in [5.41, 5.74) is 2.08. The van der Waals surface area contributed by atoms with E-state index >= 15 is 0 Å². The minimum absolute atomic E-state index is 0.660. The number of rotatable bonds is 4. The van der Waals surface area contributed by atoms with E-state index in [1.165, 1.54) is 57.2 Å². The minimum Gasteiger partial charge on any atom is -0.299 e. The highest BCUT2D eigenvalue weighted by molar-refractivity contribution is 5.22. The molecule has 1 nitrogen and oxygen atoms in total. The Balaban J connectivity index is 0.000000952. The zero-order valence-corrected chi connectivity index (χ0v) is 16.8. The lowest BCUT2D eigenvalue weighted by molar-refractivity contribution is 0.159. The lowest BCUT2D eigenvalue weighted by Gasteiger charge is -2.36. The first-order valence-corrected chi connectivity index (χ1v) is 9.75. The molecule has 0 N–H and O–H groups in total. The van der Waals surface area contributed by atoms with Gasteiger partial charge < -0.3 is 0 Å². The van der Waals surface area contributed by atoms with Gasteiger partial charge in [-0.05, 0) is 49.6 Å². The van der Waals surface area contributed by atoms with Crippen molar-refractivity contribution in [3.63, 3.8) is 0 Å². The largest absolute Gasteiger partial charge is 0.299 e. The number of hydrogen-bond acceptors (Lipinski definition) is 1. The van der Waals surface area contributed by atoms with E-state index in [0.717, 1.165) is 12.5 Å². The van der Waals surface area contributed by atoms with Crippen LogP contribution in [-0.4, -0.2) is 24.5 Å². The van der Waals surface area contributed by atoms with Gasteiger partial charge in [0.25, 0.3) is 0 Å². The highest BCUT2D eigenvalue weighted by atomic mass is 15.2. The number of likely N-dealkylation sites (tertiary alicyclic amines) is 1. The van der Waals surface area contributed by atoms with Crippen molar-refractivity contribution in [2.45, 2.75) is 66.2 Å². The van der Waals surface area contributed by atoms with Crippen LogP contribution in [0.25, 0.3) is 0 Å². The molecule has 1 heterocycles. The molecule has 0 unspecified atom stereocenters. The van der Waals surface area contributed by atoms with Crippen LogP contribution in [0, 0.1) is 11.3 Å². The Labute approximate surface area is 152 Å². The number of nitrogens with zero attached hydrogens (tertiary/aromatic N) is 1. The summed E-state index contributed by atoms with van der Waals surface area (Å²) < 4.78 is 0. The Kier molecular flexibility index (Phi) is 12.6. The van der Waals surface area contributed by atoms with Crippen LogP contribution in [0.3, 0.4) is 0 Å². The Morgan fingerprint density at radius 3 is 2.25 bits per heavy atom. The molecule has 138 valence electrons. The quantitative estimate of drug-likeness (QED) is 0.404. The molecule has 0 atom stereocenters. The summed E-state index contributed by atoms with van der Waals surface area (Å²) in [5, 5.41) is 0. The molecule has 1 aliphatic heterocycles. The second-order valence-electron chi connectivity index (χ2n) is 7.31. The lowest BCUT2D eigenvalue weighted by atomic mass is 9.70. The van der Waals surface area contributed by atoms with E-state index in [4.69, 9.17) is 0 Å². The molecule has 24 heavy (non-hydrogen) atoms. The standard InChI is InChI=1S/C18H29N.C3H8.C2H4/c1-4-6-7-17(5-2)14-19-13-12-18(15-19)10-8-16(3)9-11-18;1-3-2;1-2/h4-7,16H,1,8-15H2,2-3H3;3H2,1-2H3;1-2H2/b7-6-,17-5+;;. The maximum Gasteiger partial charge on any atom is 0.0230 e. The number of allylic oxidation sites excluding steroid dienone is 3. The van der Waals surface area contributed by atoms with Crippen LogP contribution in [0.5, 0.6) is 0 Å². The molecule has 0 aromatic carbocycles. The third kappa shape index (κ3) is 8.15. The summed E-state index contributed by atoms with van der Waals surface area (Å²) in [5.74, 6) is 0.960. The second kappa shape index (κ2) is 13.2. The summed E-state index contributed by atoms with van der Waals surface area (Å²) in [6.07, 6.45) is 16.8. The van der Waals surface area contributed by atoms with Crippen molar-refractivity contribution < 1.29 is 0 Å². The average molecular weight is 332 g/mol. The highest BCUT2D eigenvalue weighted by Crippen LogP contribution is 2.45. The molecule has 0 aromatic heterocycles. The third-order valence-corrected chi connectivity index (χ3v) is 5.08. The van der Waals surface area contributed by atoms with Crippen molar-refractivity contribution in [2.75, 3.05) is 19.6 Å². The van der Waals surface area contributed by atoms with Gasteiger partial charge >= 0.3 is 0 Å². The van der Waals surface area contributed by atoms with Crippen LogP contribution >= 0.6 is 0 Å². The predicted molar refractivity (Wildman–Crippen MR) is 111 cm³/mol. The van der Waals surface area contributed by atoms with Crippen molar-refractivity contribution >= 4 is 0 Å². The average Bonchev–Trinajstić information content (AvgIpc) is 3.00.